The lowest BCUT2D eigenvalue weighted by Gasteiger charge is -2.13. The SMILES string of the molecule is c1ccc(-c2cc(-c3ccccc3)nc(-n3c4cccc5ccc6cc(-c7ccc8sc9ccccc9c8c7)cc3c6c54)c2)cc1. The summed E-state index contributed by atoms with van der Waals surface area (Å²) >= 11 is 1.86. The van der Waals surface area contributed by atoms with Gasteiger partial charge in [-0.3, -0.25) is 4.57 Å². The van der Waals surface area contributed by atoms with Crippen molar-refractivity contribution < 1.29 is 0 Å². The Bertz CT molecular complexity index is 2680. The molecule has 0 bridgehead atoms. The van der Waals surface area contributed by atoms with E-state index in [1.807, 2.05) is 11.3 Å². The van der Waals surface area contributed by atoms with Gasteiger partial charge in [-0.25, -0.2) is 4.98 Å². The summed E-state index contributed by atoms with van der Waals surface area (Å²) in [4.78, 5) is 5.37. The van der Waals surface area contributed by atoms with Crippen LogP contribution in [0.4, 0.5) is 0 Å². The van der Waals surface area contributed by atoms with E-state index in [9.17, 15) is 0 Å². The Labute approximate surface area is 269 Å². The predicted molar refractivity (Wildman–Crippen MR) is 196 cm³/mol. The van der Waals surface area contributed by atoms with Gasteiger partial charge in [-0.15, -0.1) is 11.3 Å². The van der Waals surface area contributed by atoms with Crippen LogP contribution in [0.15, 0.2) is 158 Å². The summed E-state index contributed by atoms with van der Waals surface area (Å²) in [6.45, 7) is 0. The maximum atomic E-state index is 5.37. The number of fused-ring (bicyclic) bond motifs is 3. The van der Waals surface area contributed by atoms with Gasteiger partial charge in [0, 0.05) is 36.5 Å². The van der Waals surface area contributed by atoms with Crippen LogP contribution in [0.5, 0.6) is 0 Å². The van der Waals surface area contributed by atoms with Gasteiger partial charge in [0.1, 0.15) is 5.82 Å². The van der Waals surface area contributed by atoms with Crippen molar-refractivity contribution in [1.29, 1.82) is 0 Å². The van der Waals surface area contributed by atoms with E-state index < -0.39 is 0 Å². The maximum Gasteiger partial charge on any atom is 0.138 e. The summed E-state index contributed by atoms with van der Waals surface area (Å²) in [7, 11) is 0. The van der Waals surface area contributed by atoms with Crippen molar-refractivity contribution in [2.45, 2.75) is 0 Å². The second-order valence-corrected chi connectivity index (χ2v) is 13.1. The standard InChI is InChI=1S/C43H26N2S/c1-3-10-27(11-4-1)33-24-36(28-12-5-2-6-13-28)44-41(26-33)45-37-16-9-14-29-18-19-31-22-32(25-38(45)43(31)42(29)37)30-20-21-40-35(23-30)34-15-7-8-17-39(34)46-40/h1-26H. The number of hydrogen-bond donors (Lipinski definition) is 0. The molecule has 0 unspecified atom stereocenters. The van der Waals surface area contributed by atoms with Crippen LogP contribution >= 0.6 is 11.3 Å². The molecule has 0 atom stereocenters. The fourth-order valence-electron chi connectivity index (χ4n) is 7.20. The van der Waals surface area contributed by atoms with Crippen molar-refractivity contribution in [2.75, 3.05) is 0 Å². The molecule has 0 aliphatic heterocycles. The van der Waals surface area contributed by atoms with E-state index in [1.165, 1.54) is 69.4 Å². The van der Waals surface area contributed by atoms with Crippen LogP contribution in [0.3, 0.4) is 0 Å². The Morgan fingerprint density at radius 1 is 0.413 bits per heavy atom. The van der Waals surface area contributed by atoms with E-state index in [1.54, 1.807) is 0 Å². The Hall–Kier alpha value is -5.77. The van der Waals surface area contributed by atoms with Gasteiger partial charge in [0.15, 0.2) is 0 Å². The van der Waals surface area contributed by atoms with Gasteiger partial charge in [-0.2, -0.15) is 0 Å². The summed E-state index contributed by atoms with van der Waals surface area (Å²) in [5.41, 5.74) is 9.16. The molecule has 0 saturated heterocycles. The molecule has 0 aliphatic rings. The first-order valence-electron chi connectivity index (χ1n) is 15.6. The summed E-state index contributed by atoms with van der Waals surface area (Å²) in [5.74, 6) is 0.918. The average molecular weight is 603 g/mol. The van der Waals surface area contributed by atoms with Crippen molar-refractivity contribution >= 4 is 64.1 Å². The van der Waals surface area contributed by atoms with Crippen LogP contribution < -0.4 is 0 Å². The van der Waals surface area contributed by atoms with Crippen molar-refractivity contribution in [1.82, 2.24) is 9.55 Å². The van der Waals surface area contributed by atoms with Gasteiger partial charge in [0.05, 0.1) is 16.7 Å². The Morgan fingerprint density at radius 3 is 2.00 bits per heavy atom. The van der Waals surface area contributed by atoms with E-state index in [2.05, 4.69) is 162 Å². The molecular formula is C43H26N2S. The molecule has 0 spiro atoms. The lowest BCUT2D eigenvalue weighted by Crippen LogP contribution is -2.00. The van der Waals surface area contributed by atoms with E-state index >= 15 is 0 Å². The molecule has 0 fully saturated rings. The number of rotatable bonds is 4. The Kier molecular flexibility index (Phi) is 5.48. The van der Waals surface area contributed by atoms with Gasteiger partial charge in [0.2, 0.25) is 0 Å². The van der Waals surface area contributed by atoms with Gasteiger partial charge in [-0.05, 0) is 81.6 Å². The van der Waals surface area contributed by atoms with Crippen LogP contribution in [0.1, 0.15) is 0 Å². The lowest BCUT2D eigenvalue weighted by molar-refractivity contribution is 1.08. The third kappa shape index (κ3) is 3.86. The molecule has 2 nitrogen and oxygen atoms in total. The second-order valence-electron chi connectivity index (χ2n) is 12.0. The van der Waals surface area contributed by atoms with E-state index in [4.69, 9.17) is 4.98 Å². The minimum Gasteiger partial charge on any atom is -0.294 e. The van der Waals surface area contributed by atoms with Gasteiger partial charge in [-0.1, -0.05) is 109 Å². The molecule has 10 rings (SSSR count). The first-order valence-corrected chi connectivity index (χ1v) is 16.4. The molecule has 214 valence electrons. The topological polar surface area (TPSA) is 17.8 Å². The van der Waals surface area contributed by atoms with Crippen LogP contribution in [-0.2, 0) is 0 Å². The monoisotopic (exact) mass is 602 g/mol. The average Bonchev–Trinajstić information content (AvgIpc) is 3.67. The largest absolute Gasteiger partial charge is 0.294 e. The predicted octanol–water partition coefficient (Wildman–Crippen LogP) is 12.1. The lowest BCUT2D eigenvalue weighted by atomic mass is 9.96. The number of aromatic nitrogens is 2. The highest BCUT2D eigenvalue weighted by Gasteiger charge is 2.20. The molecule has 3 aromatic heterocycles. The molecule has 46 heavy (non-hydrogen) atoms. The summed E-state index contributed by atoms with van der Waals surface area (Å²) in [5, 5.41) is 7.69. The zero-order valence-corrected chi connectivity index (χ0v) is 25.6. The Morgan fingerprint density at radius 2 is 1.13 bits per heavy atom. The number of hydrogen-bond acceptors (Lipinski definition) is 2. The van der Waals surface area contributed by atoms with Crippen LogP contribution in [0, 0.1) is 0 Å². The number of nitrogens with zero attached hydrogens (tertiary/aromatic N) is 2. The third-order valence-electron chi connectivity index (χ3n) is 9.32. The first-order chi connectivity index (χ1) is 22.8. The molecule has 0 saturated carbocycles. The quantitative estimate of drug-likeness (QED) is 0.183. The van der Waals surface area contributed by atoms with Crippen LogP contribution in [0.2, 0.25) is 0 Å². The highest BCUT2D eigenvalue weighted by Crippen LogP contribution is 2.43. The molecular weight excluding hydrogens is 577 g/mol. The first kappa shape index (κ1) is 25.5. The number of benzene rings is 7. The zero-order valence-electron chi connectivity index (χ0n) is 24.8. The molecule has 0 amide bonds. The molecule has 0 aliphatic carbocycles. The van der Waals surface area contributed by atoms with Gasteiger partial charge < -0.3 is 0 Å². The maximum absolute atomic E-state index is 5.37. The van der Waals surface area contributed by atoms with Crippen LogP contribution in [-0.4, -0.2) is 9.55 Å². The molecule has 7 aromatic carbocycles. The van der Waals surface area contributed by atoms with Crippen molar-refractivity contribution in [3.8, 4) is 39.3 Å². The molecule has 0 radical (unpaired) electrons. The Balaban J connectivity index is 1.28. The molecule has 10 aromatic rings. The van der Waals surface area contributed by atoms with Crippen LogP contribution in [0.25, 0.3) is 92.1 Å². The van der Waals surface area contributed by atoms with Gasteiger partial charge in [0.25, 0.3) is 0 Å². The molecule has 3 heteroatoms. The minimum atomic E-state index is 0.918. The van der Waals surface area contributed by atoms with Crippen molar-refractivity contribution in [3.05, 3.63) is 158 Å². The second kappa shape index (κ2) is 9.87. The molecule has 0 N–H and O–H groups in total. The van der Waals surface area contributed by atoms with E-state index in [0.717, 1.165) is 22.6 Å². The van der Waals surface area contributed by atoms with E-state index in [-0.39, 0.29) is 0 Å². The smallest absolute Gasteiger partial charge is 0.138 e. The summed E-state index contributed by atoms with van der Waals surface area (Å²) in [6.07, 6.45) is 0. The van der Waals surface area contributed by atoms with Crippen molar-refractivity contribution in [2.24, 2.45) is 0 Å². The summed E-state index contributed by atoms with van der Waals surface area (Å²) in [6, 6.07) is 57.1. The normalized spacial score (nSPS) is 11.9. The highest BCUT2D eigenvalue weighted by molar-refractivity contribution is 7.25. The van der Waals surface area contributed by atoms with Crippen molar-refractivity contribution in [3.63, 3.8) is 0 Å². The van der Waals surface area contributed by atoms with Gasteiger partial charge >= 0.3 is 0 Å². The van der Waals surface area contributed by atoms with E-state index in [0.29, 0.717) is 0 Å². The number of pyridine rings is 1. The number of thiophene rings is 1. The highest BCUT2D eigenvalue weighted by atomic mass is 32.1. The fourth-order valence-corrected chi connectivity index (χ4v) is 8.28. The third-order valence-corrected chi connectivity index (χ3v) is 10.5. The summed E-state index contributed by atoms with van der Waals surface area (Å²) < 4.78 is 5.03. The zero-order chi connectivity index (χ0) is 30.2. The minimum absolute atomic E-state index is 0.918. The molecule has 3 heterocycles. The fraction of sp³-hybridized carbons (Fsp3) is 0.